The van der Waals surface area contributed by atoms with E-state index in [4.69, 9.17) is 13.9 Å². The van der Waals surface area contributed by atoms with Gasteiger partial charge >= 0.3 is 11.6 Å². The van der Waals surface area contributed by atoms with Crippen LogP contribution in [0.3, 0.4) is 0 Å². The molecule has 0 aliphatic carbocycles. The SMILES string of the molecule is COc1ccc2c(COC(=O)c3cc(S(=O)(=O)NC(C)(C)C)ccc3C)cc(=O)oc2c1. The number of ether oxygens (including phenoxy) is 2. The van der Waals surface area contributed by atoms with Crippen molar-refractivity contribution in [2.45, 2.75) is 44.7 Å². The average Bonchev–Trinajstić information content (AvgIpc) is 2.69. The van der Waals surface area contributed by atoms with Gasteiger partial charge in [0.25, 0.3) is 0 Å². The number of nitrogens with one attached hydrogen (secondary N) is 1. The van der Waals surface area contributed by atoms with E-state index >= 15 is 0 Å². The van der Waals surface area contributed by atoms with E-state index in [-0.39, 0.29) is 17.1 Å². The summed E-state index contributed by atoms with van der Waals surface area (Å²) >= 11 is 0. The Morgan fingerprint density at radius 1 is 1.09 bits per heavy atom. The van der Waals surface area contributed by atoms with Gasteiger partial charge in [-0.3, -0.25) is 0 Å². The second kappa shape index (κ2) is 8.76. The number of carbonyl (C=O) groups is 1. The number of hydrogen-bond acceptors (Lipinski definition) is 7. The maximum atomic E-state index is 12.8. The van der Waals surface area contributed by atoms with Gasteiger partial charge in [-0.25, -0.2) is 22.7 Å². The van der Waals surface area contributed by atoms with Gasteiger partial charge in [-0.05, 0) is 57.5 Å². The molecule has 1 N–H and O–H groups in total. The van der Waals surface area contributed by atoms with Crippen molar-refractivity contribution in [2.24, 2.45) is 0 Å². The van der Waals surface area contributed by atoms with Gasteiger partial charge in [-0.2, -0.15) is 0 Å². The van der Waals surface area contributed by atoms with Crippen LogP contribution in [0.1, 0.15) is 42.3 Å². The van der Waals surface area contributed by atoms with Crippen molar-refractivity contribution in [1.29, 1.82) is 0 Å². The Hall–Kier alpha value is -3.17. The number of esters is 1. The van der Waals surface area contributed by atoms with Gasteiger partial charge < -0.3 is 13.9 Å². The summed E-state index contributed by atoms with van der Waals surface area (Å²) in [7, 11) is -2.32. The van der Waals surface area contributed by atoms with Crippen molar-refractivity contribution in [1.82, 2.24) is 4.72 Å². The third kappa shape index (κ3) is 5.35. The number of rotatable bonds is 6. The first-order valence-electron chi connectivity index (χ1n) is 9.82. The van der Waals surface area contributed by atoms with Crippen LogP contribution in [0.2, 0.25) is 0 Å². The molecule has 1 aromatic heterocycles. The summed E-state index contributed by atoms with van der Waals surface area (Å²) in [6.45, 7) is 6.67. The van der Waals surface area contributed by atoms with E-state index < -0.39 is 27.2 Å². The molecule has 0 aliphatic rings. The second-order valence-electron chi connectivity index (χ2n) is 8.36. The summed E-state index contributed by atoms with van der Waals surface area (Å²) in [5.41, 5.74) is 0.183. The number of aryl methyl sites for hydroxylation is 1. The maximum Gasteiger partial charge on any atom is 0.338 e. The number of methoxy groups -OCH3 is 1. The van der Waals surface area contributed by atoms with Gasteiger partial charge in [0.1, 0.15) is 17.9 Å². The number of hydrogen-bond donors (Lipinski definition) is 1. The molecule has 0 aliphatic heterocycles. The van der Waals surface area contributed by atoms with Crippen LogP contribution in [0.4, 0.5) is 0 Å². The highest BCUT2D eigenvalue weighted by molar-refractivity contribution is 7.89. The van der Waals surface area contributed by atoms with Crippen LogP contribution in [-0.4, -0.2) is 27.0 Å². The van der Waals surface area contributed by atoms with E-state index in [2.05, 4.69) is 4.72 Å². The van der Waals surface area contributed by atoms with Crippen molar-refractivity contribution in [3.05, 3.63) is 69.6 Å². The van der Waals surface area contributed by atoms with E-state index in [0.29, 0.717) is 27.8 Å². The highest BCUT2D eigenvalue weighted by Gasteiger charge is 2.24. The molecule has 8 nitrogen and oxygen atoms in total. The van der Waals surface area contributed by atoms with E-state index in [0.717, 1.165) is 0 Å². The number of fused-ring (bicyclic) bond motifs is 1. The molecule has 0 amide bonds. The highest BCUT2D eigenvalue weighted by Crippen LogP contribution is 2.24. The normalized spacial score (nSPS) is 12.0. The quantitative estimate of drug-likeness (QED) is 0.443. The minimum Gasteiger partial charge on any atom is -0.497 e. The molecule has 0 radical (unpaired) electrons. The molecule has 9 heteroatoms. The monoisotopic (exact) mass is 459 g/mol. The molecule has 0 unspecified atom stereocenters. The zero-order valence-electron chi connectivity index (χ0n) is 18.5. The van der Waals surface area contributed by atoms with Crippen LogP contribution in [0.15, 0.2) is 56.6 Å². The molecular formula is C23H25NO7S. The lowest BCUT2D eigenvalue weighted by Crippen LogP contribution is -2.40. The molecule has 32 heavy (non-hydrogen) atoms. The zero-order valence-corrected chi connectivity index (χ0v) is 19.3. The predicted molar refractivity (Wildman–Crippen MR) is 119 cm³/mol. The summed E-state index contributed by atoms with van der Waals surface area (Å²) in [5.74, 6) is -0.183. The summed E-state index contributed by atoms with van der Waals surface area (Å²) in [6.07, 6.45) is 0. The van der Waals surface area contributed by atoms with Crippen molar-refractivity contribution >= 4 is 27.0 Å². The van der Waals surface area contributed by atoms with Gasteiger partial charge in [0.2, 0.25) is 10.0 Å². The second-order valence-corrected chi connectivity index (χ2v) is 10.0. The van der Waals surface area contributed by atoms with Crippen LogP contribution < -0.4 is 15.1 Å². The van der Waals surface area contributed by atoms with E-state index in [1.54, 1.807) is 52.0 Å². The lowest BCUT2D eigenvalue weighted by atomic mass is 10.1. The van der Waals surface area contributed by atoms with E-state index in [1.165, 1.54) is 25.3 Å². The fourth-order valence-electron chi connectivity index (χ4n) is 3.13. The Bertz CT molecular complexity index is 1330. The minimum absolute atomic E-state index is 0.0390. The Morgan fingerprint density at radius 3 is 2.47 bits per heavy atom. The fourth-order valence-corrected chi connectivity index (χ4v) is 4.57. The first-order chi connectivity index (χ1) is 14.9. The van der Waals surface area contributed by atoms with Crippen LogP contribution in [0.5, 0.6) is 5.75 Å². The van der Waals surface area contributed by atoms with Gasteiger partial charge in [0.15, 0.2) is 0 Å². The average molecular weight is 460 g/mol. The zero-order chi connectivity index (χ0) is 23.7. The summed E-state index contributed by atoms with van der Waals surface area (Å²) < 4.78 is 43.6. The Morgan fingerprint density at radius 2 is 1.81 bits per heavy atom. The summed E-state index contributed by atoms with van der Waals surface area (Å²) in [4.78, 5) is 24.6. The van der Waals surface area contributed by atoms with Gasteiger partial charge in [-0.15, -0.1) is 0 Å². The number of carbonyl (C=O) groups excluding carboxylic acids is 1. The molecule has 0 spiro atoms. The minimum atomic E-state index is -3.82. The fraction of sp³-hybridized carbons (Fsp3) is 0.304. The summed E-state index contributed by atoms with van der Waals surface area (Å²) in [5, 5.41) is 0.598. The first kappa shape index (κ1) is 23.5. The first-order valence-corrected chi connectivity index (χ1v) is 11.3. The Kier molecular flexibility index (Phi) is 6.43. The molecule has 3 rings (SSSR count). The predicted octanol–water partition coefficient (Wildman–Crippen LogP) is 3.54. The molecule has 0 bridgehead atoms. The standard InChI is InChI=1S/C23H25NO7S/c1-14-6-8-17(32(27,28)24-23(2,3)4)12-19(14)22(26)30-13-15-10-21(25)31-20-11-16(29-5)7-9-18(15)20/h6-12,24H,13H2,1-5H3. The van der Waals surface area contributed by atoms with E-state index in [1.807, 2.05) is 0 Å². The highest BCUT2D eigenvalue weighted by atomic mass is 32.2. The lowest BCUT2D eigenvalue weighted by Gasteiger charge is -2.20. The Labute approximate surface area is 186 Å². The molecule has 170 valence electrons. The molecule has 0 saturated heterocycles. The van der Waals surface area contributed by atoms with Gasteiger partial charge in [0.05, 0.1) is 17.6 Å². The van der Waals surface area contributed by atoms with Gasteiger partial charge in [-0.1, -0.05) is 6.07 Å². The van der Waals surface area contributed by atoms with Crippen molar-refractivity contribution in [3.8, 4) is 5.75 Å². The lowest BCUT2D eigenvalue weighted by molar-refractivity contribution is 0.0472. The number of sulfonamides is 1. The van der Waals surface area contributed by atoms with Crippen LogP contribution in [0.25, 0.3) is 11.0 Å². The summed E-state index contributed by atoms with van der Waals surface area (Å²) in [6, 6.07) is 10.5. The van der Waals surface area contributed by atoms with Crippen molar-refractivity contribution in [3.63, 3.8) is 0 Å². The molecule has 0 atom stereocenters. The molecule has 1 heterocycles. The molecule has 0 fully saturated rings. The molecular weight excluding hydrogens is 434 g/mol. The number of benzene rings is 2. The molecule has 3 aromatic rings. The third-order valence-electron chi connectivity index (χ3n) is 4.58. The van der Waals surface area contributed by atoms with E-state index in [9.17, 15) is 18.0 Å². The molecule has 2 aromatic carbocycles. The van der Waals surface area contributed by atoms with Gasteiger partial charge in [0, 0.05) is 28.6 Å². The molecule has 0 saturated carbocycles. The van der Waals surface area contributed by atoms with Crippen molar-refractivity contribution in [2.75, 3.05) is 7.11 Å². The van der Waals surface area contributed by atoms with Crippen LogP contribution >= 0.6 is 0 Å². The third-order valence-corrected chi connectivity index (χ3v) is 6.33. The smallest absolute Gasteiger partial charge is 0.338 e. The van der Waals surface area contributed by atoms with Crippen molar-refractivity contribution < 1.29 is 27.1 Å². The Balaban J connectivity index is 1.88. The van der Waals surface area contributed by atoms with Crippen LogP contribution in [-0.2, 0) is 21.4 Å². The topological polar surface area (TPSA) is 112 Å². The maximum absolute atomic E-state index is 12.8. The van der Waals surface area contributed by atoms with Crippen LogP contribution in [0, 0.1) is 6.92 Å². The largest absolute Gasteiger partial charge is 0.497 e.